The highest BCUT2D eigenvalue weighted by molar-refractivity contribution is 7.89. The number of rotatable bonds is 3. The first-order valence-corrected chi connectivity index (χ1v) is 10.2. The van der Waals surface area contributed by atoms with Gasteiger partial charge in [-0.3, -0.25) is 4.79 Å². The van der Waals surface area contributed by atoms with Gasteiger partial charge >= 0.3 is 6.18 Å². The minimum Gasteiger partial charge on any atom is -0.340 e. The Hall–Kier alpha value is -1.87. The van der Waals surface area contributed by atoms with Gasteiger partial charge in [0.25, 0.3) is 0 Å². The molecule has 0 spiro atoms. The van der Waals surface area contributed by atoms with Crippen molar-refractivity contribution in [2.75, 3.05) is 26.2 Å². The van der Waals surface area contributed by atoms with Crippen molar-refractivity contribution in [2.45, 2.75) is 30.3 Å². The zero-order valence-corrected chi connectivity index (χ0v) is 15.5. The molecule has 1 saturated heterocycles. The van der Waals surface area contributed by atoms with Crippen LogP contribution >= 0.6 is 0 Å². The third kappa shape index (κ3) is 4.35. The molecule has 1 amide bonds. The fourth-order valence-electron chi connectivity index (χ4n) is 3.41. The summed E-state index contributed by atoms with van der Waals surface area (Å²) in [4.78, 5) is 13.8. The van der Waals surface area contributed by atoms with Crippen molar-refractivity contribution in [1.82, 2.24) is 9.21 Å². The maximum absolute atomic E-state index is 12.9. The number of carbonyl (C=O) groups excluding carboxylic acids is 1. The molecule has 0 N–H and O–H groups in total. The van der Waals surface area contributed by atoms with E-state index in [1.165, 1.54) is 0 Å². The summed E-state index contributed by atoms with van der Waals surface area (Å²) in [5.74, 6) is -0.0444. The molecule has 1 fully saturated rings. The molecule has 1 aromatic rings. The zero-order chi connectivity index (χ0) is 19.7. The molecule has 1 aliphatic heterocycles. The van der Waals surface area contributed by atoms with Crippen molar-refractivity contribution in [1.29, 1.82) is 0 Å². The monoisotopic (exact) mass is 402 g/mol. The molecule has 5 nitrogen and oxygen atoms in total. The number of nitrogens with zero attached hydrogens (tertiary/aromatic N) is 2. The highest BCUT2D eigenvalue weighted by Crippen LogP contribution is 2.31. The number of hydrogen-bond donors (Lipinski definition) is 0. The second kappa shape index (κ2) is 7.63. The fourth-order valence-corrected chi connectivity index (χ4v) is 4.88. The summed E-state index contributed by atoms with van der Waals surface area (Å²) in [6, 6.07) is 3.75. The molecule has 3 rings (SSSR count). The number of piperazine rings is 1. The number of alkyl halides is 3. The largest absolute Gasteiger partial charge is 0.416 e. The molecule has 9 heteroatoms. The van der Waals surface area contributed by atoms with Gasteiger partial charge in [-0.25, -0.2) is 8.42 Å². The number of carbonyl (C=O) groups is 1. The highest BCUT2D eigenvalue weighted by Gasteiger charge is 2.35. The molecule has 1 atom stereocenters. The zero-order valence-electron chi connectivity index (χ0n) is 14.7. The van der Waals surface area contributed by atoms with Crippen LogP contribution in [0.25, 0.3) is 0 Å². The van der Waals surface area contributed by atoms with Gasteiger partial charge in [0.1, 0.15) is 0 Å². The normalized spacial score (nSPS) is 22.0. The minimum absolute atomic E-state index is 0.0236. The van der Waals surface area contributed by atoms with Crippen LogP contribution < -0.4 is 0 Å². The summed E-state index contributed by atoms with van der Waals surface area (Å²) >= 11 is 0. The average molecular weight is 402 g/mol. The van der Waals surface area contributed by atoms with Gasteiger partial charge in [0.2, 0.25) is 15.9 Å². The molecule has 1 unspecified atom stereocenters. The Bertz CT molecular complexity index is 828. The van der Waals surface area contributed by atoms with E-state index in [1.807, 2.05) is 12.2 Å². The molecule has 148 valence electrons. The van der Waals surface area contributed by atoms with Crippen molar-refractivity contribution in [3.63, 3.8) is 0 Å². The van der Waals surface area contributed by atoms with E-state index < -0.39 is 21.8 Å². The number of halogens is 3. The summed E-state index contributed by atoms with van der Waals surface area (Å²) in [7, 11) is -4.03. The van der Waals surface area contributed by atoms with Crippen molar-refractivity contribution in [3.05, 3.63) is 42.0 Å². The second-order valence-corrected chi connectivity index (χ2v) is 8.67. The molecular formula is C18H21F3N2O3S. The van der Waals surface area contributed by atoms with E-state index in [-0.39, 0.29) is 42.9 Å². The van der Waals surface area contributed by atoms with Crippen molar-refractivity contribution in [2.24, 2.45) is 5.92 Å². The first kappa shape index (κ1) is 19.9. The summed E-state index contributed by atoms with van der Waals surface area (Å²) < 4.78 is 65.1. The van der Waals surface area contributed by atoms with Gasteiger partial charge in [-0.1, -0.05) is 18.2 Å². The van der Waals surface area contributed by atoms with E-state index >= 15 is 0 Å². The molecule has 0 bridgehead atoms. The van der Waals surface area contributed by atoms with Crippen molar-refractivity contribution >= 4 is 15.9 Å². The second-order valence-electron chi connectivity index (χ2n) is 6.74. The van der Waals surface area contributed by atoms with Crippen molar-refractivity contribution in [3.8, 4) is 0 Å². The Kier molecular flexibility index (Phi) is 5.62. The van der Waals surface area contributed by atoms with Gasteiger partial charge < -0.3 is 4.90 Å². The van der Waals surface area contributed by atoms with E-state index in [0.29, 0.717) is 12.5 Å². The van der Waals surface area contributed by atoms with Gasteiger partial charge in [-0.15, -0.1) is 0 Å². The predicted molar refractivity (Wildman–Crippen MR) is 93.3 cm³/mol. The van der Waals surface area contributed by atoms with Crippen LogP contribution in [-0.4, -0.2) is 49.7 Å². The van der Waals surface area contributed by atoms with E-state index in [0.717, 1.165) is 35.3 Å². The number of sulfonamides is 1. The van der Waals surface area contributed by atoms with Crippen LogP contribution in [0, 0.1) is 5.92 Å². The third-order valence-corrected chi connectivity index (χ3v) is 6.86. The lowest BCUT2D eigenvalue weighted by atomic mass is 9.93. The molecule has 0 saturated carbocycles. The van der Waals surface area contributed by atoms with Crippen molar-refractivity contribution < 1.29 is 26.4 Å². The lowest BCUT2D eigenvalue weighted by molar-refractivity contribution is -0.138. The SMILES string of the molecule is O=C(C1CC=CCC1)N1CCN(S(=O)(=O)c2cccc(C(F)(F)F)c2)CC1. The highest BCUT2D eigenvalue weighted by atomic mass is 32.2. The van der Waals surface area contributed by atoms with E-state index in [4.69, 9.17) is 0 Å². The summed E-state index contributed by atoms with van der Waals surface area (Å²) in [5.41, 5.74) is -0.997. The molecule has 1 heterocycles. The van der Waals surface area contributed by atoms with E-state index in [9.17, 15) is 26.4 Å². The Morgan fingerprint density at radius 3 is 2.37 bits per heavy atom. The summed E-state index contributed by atoms with van der Waals surface area (Å²) in [6.07, 6.45) is 1.77. The Morgan fingerprint density at radius 1 is 1.07 bits per heavy atom. The maximum Gasteiger partial charge on any atom is 0.416 e. The lowest BCUT2D eigenvalue weighted by Crippen LogP contribution is -2.51. The smallest absolute Gasteiger partial charge is 0.340 e. The fraction of sp³-hybridized carbons (Fsp3) is 0.500. The Morgan fingerprint density at radius 2 is 1.78 bits per heavy atom. The number of benzene rings is 1. The van der Waals surface area contributed by atoms with Gasteiger partial charge in [-0.2, -0.15) is 17.5 Å². The predicted octanol–water partition coefficient (Wildman–Crippen LogP) is 2.89. The van der Waals surface area contributed by atoms with Crippen LogP contribution in [0.4, 0.5) is 13.2 Å². The molecule has 1 aliphatic carbocycles. The number of amides is 1. The van der Waals surface area contributed by atoms with Gasteiger partial charge in [0, 0.05) is 32.1 Å². The van der Waals surface area contributed by atoms with Gasteiger partial charge in [0.15, 0.2) is 0 Å². The van der Waals surface area contributed by atoms with Crippen LogP contribution in [0.15, 0.2) is 41.3 Å². The van der Waals surface area contributed by atoms with Crippen LogP contribution in [0.3, 0.4) is 0 Å². The van der Waals surface area contributed by atoms with E-state index in [2.05, 4.69) is 0 Å². The van der Waals surface area contributed by atoms with Crippen LogP contribution in [0.5, 0.6) is 0 Å². The molecule has 0 aromatic heterocycles. The number of allylic oxidation sites excluding steroid dienone is 2. The minimum atomic E-state index is -4.61. The standard InChI is InChI=1S/C18H21F3N2O3S/c19-18(20,21)15-7-4-8-16(13-15)27(25,26)23-11-9-22(10-12-23)17(24)14-5-2-1-3-6-14/h1-2,4,7-8,13-14H,3,5-6,9-12H2. The molecular weight excluding hydrogens is 381 g/mol. The molecule has 27 heavy (non-hydrogen) atoms. The summed E-state index contributed by atoms with van der Waals surface area (Å²) in [6.45, 7) is 0.647. The third-order valence-electron chi connectivity index (χ3n) is 4.97. The average Bonchev–Trinajstić information content (AvgIpc) is 2.67. The number of hydrogen-bond acceptors (Lipinski definition) is 3. The summed E-state index contributed by atoms with van der Waals surface area (Å²) in [5, 5.41) is 0. The van der Waals surface area contributed by atoms with Crippen LogP contribution in [-0.2, 0) is 21.0 Å². The van der Waals surface area contributed by atoms with Gasteiger partial charge in [0.05, 0.1) is 10.5 Å². The quantitative estimate of drug-likeness (QED) is 0.731. The van der Waals surface area contributed by atoms with Crippen LogP contribution in [0.1, 0.15) is 24.8 Å². The molecule has 1 aromatic carbocycles. The first-order valence-electron chi connectivity index (χ1n) is 8.81. The van der Waals surface area contributed by atoms with E-state index in [1.54, 1.807) is 4.90 Å². The lowest BCUT2D eigenvalue weighted by Gasteiger charge is -2.36. The molecule has 2 aliphatic rings. The maximum atomic E-state index is 12.9. The Balaban J connectivity index is 1.68. The van der Waals surface area contributed by atoms with Crippen LogP contribution in [0.2, 0.25) is 0 Å². The molecule has 0 radical (unpaired) electrons. The topological polar surface area (TPSA) is 57.7 Å². The Labute approximate surface area is 156 Å². The first-order chi connectivity index (χ1) is 12.7. The van der Waals surface area contributed by atoms with Gasteiger partial charge in [-0.05, 0) is 37.5 Å².